The van der Waals surface area contributed by atoms with E-state index in [-0.39, 0.29) is 36.0 Å². The van der Waals surface area contributed by atoms with Crippen molar-refractivity contribution in [1.29, 1.82) is 0 Å². The average Bonchev–Trinajstić information content (AvgIpc) is 2.88. The van der Waals surface area contributed by atoms with E-state index in [4.69, 9.17) is 0 Å². The van der Waals surface area contributed by atoms with Crippen molar-refractivity contribution in [3.8, 4) is 0 Å². The van der Waals surface area contributed by atoms with E-state index in [1.807, 2.05) is 0 Å². The van der Waals surface area contributed by atoms with E-state index in [2.05, 4.69) is 10.6 Å². The maximum atomic E-state index is 13.5. The zero-order valence-electron chi connectivity index (χ0n) is 18.6. The number of Topliss-reactive ketones (excluding diaryl/α,β-unsaturated/α-hetero) is 1. The topological polar surface area (TPSA) is 114 Å². The molecule has 1 saturated carbocycles. The van der Waals surface area contributed by atoms with Gasteiger partial charge in [-0.2, -0.15) is 0 Å². The van der Waals surface area contributed by atoms with Crippen LogP contribution in [0.4, 0.5) is 10.1 Å². The summed E-state index contributed by atoms with van der Waals surface area (Å²) in [4.78, 5) is 38.2. The highest BCUT2D eigenvalue weighted by atomic mass is 32.2. The van der Waals surface area contributed by atoms with Crippen molar-refractivity contribution in [2.24, 2.45) is 7.05 Å². The molecule has 0 saturated heterocycles. The number of halogens is 1. The highest BCUT2D eigenvalue weighted by Crippen LogP contribution is 2.27. The fourth-order valence-electron chi connectivity index (χ4n) is 3.94. The highest BCUT2D eigenvalue weighted by molar-refractivity contribution is 7.91. The Hall–Kier alpha value is -3.01. The van der Waals surface area contributed by atoms with Gasteiger partial charge in [-0.05, 0) is 62.9 Å². The van der Waals surface area contributed by atoms with Gasteiger partial charge in [0.25, 0.3) is 17.6 Å². The number of carbonyl (C=O) groups excluding carboxylic acids is 3. The lowest BCUT2D eigenvalue weighted by Gasteiger charge is -2.34. The molecule has 0 atom stereocenters. The number of rotatable bonds is 6. The molecular weight excluding hydrogens is 437 g/mol. The minimum absolute atomic E-state index is 0.0828. The third-order valence-electron chi connectivity index (χ3n) is 6.03. The van der Waals surface area contributed by atoms with Crippen LogP contribution in [0.25, 0.3) is 0 Å². The molecule has 1 aliphatic rings. The quantitative estimate of drug-likeness (QED) is 0.504. The molecule has 1 aromatic heterocycles. The van der Waals surface area contributed by atoms with Gasteiger partial charge in [-0.1, -0.05) is 0 Å². The van der Waals surface area contributed by atoms with Crippen molar-refractivity contribution in [1.82, 2.24) is 9.88 Å². The number of anilines is 1. The number of carbonyl (C=O) groups is 3. The summed E-state index contributed by atoms with van der Waals surface area (Å²) in [6.45, 7) is 4.83. The van der Waals surface area contributed by atoms with Gasteiger partial charge in [-0.25, -0.2) is 12.8 Å². The van der Waals surface area contributed by atoms with E-state index >= 15 is 0 Å². The van der Waals surface area contributed by atoms with Crippen LogP contribution in [0, 0.1) is 26.6 Å². The smallest absolute Gasteiger partial charge is 0.294 e. The number of hydrogen-bond donors (Lipinski definition) is 2. The van der Waals surface area contributed by atoms with E-state index in [1.54, 1.807) is 27.8 Å². The van der Waals surface area contributed by atoms with Crippen LogP contribution >= 0.6 is 0 Å². The third kappa shape index (κ3) is 4.45. The highest BCUT2D eigenvalue weighted by Gasteiger charge is 2.38. The van der Waals surface area contributed by atoms with Crippen molar-refractivity contribution >= 4 is 33.1 Å². The minimum Gasteiger partial charge on any atom is -0.346 e. The molecule has 0 radical (unpaired) electrons. The number of nitrogens with one attached hydrogen (secondary N) is 2. The van der Waals surface area contributed by atoms with Crippen LogP contribution in [0.1, 0.15) is 50.5 Å². The summed E-state index contributed by atoms with van der Waals surface area (Å²) in [5.41, 5.74) is 1.98. The van der Waals surface area contributed by atoms with Crippen LogP contribution in [-0.4, -0.2) is 48.1 Å². The summed E-state index contributed by atoms with van der Waals surface area (Å²) in [5.74, 6) is -2.50. The second-order valence-corrected chi connectivity index (χ2v) is 10.7. The maximum absolute atomic E-state index is 13.5. The fraction of sp³-hybridized carbons (Fsp3) is 0.409. The number of aromatic nitrogens is 1. The lowest BCUT2D eigenvalue weighted by Crippen LogP contribution is -2.51. The van der Waals surface area contributed by atoms with Gasteiger partial charge in [-0.3, -0.25) is 14.4 Å². The van der Waals surface area contributed by atoms with Gasteiger partial charge in [0.1, 0.15) is 15.7 Å². The summed E-state index contributed by atoms with van der Waals surface area (Å²) in [6.07, 6.45) is 1.69. The first kappa shape index (κ1) is 23.6. The van der Waals surface area contributed by atoms with Gasteiger partial charge in [0.2, 0.25) is 0 Å². The van der Waals surface area contributed by atoms with Gasteiger partial charge in [0.15, 0.2) is 0 Å². The summed E-state index contributed by atoms with van der Waals surface area (Å²) in [6, 6.07) is 3.82. The Kier molecular flexibility index (Phi) is 6.28. The van der Waals surface area contributed by atoms with E-state index in [1.165, 1.54) is 22.8 Å². The molecule has 1 fully saturated rings. The maximum Gasteiger partial charge on any atom is 0.294 e. The minimum atomic E-state index is -3.17. The Morgan fingerprint density at radius 3 is 2.31 bits per heavy atom. The zero-order chi connectivity index (χ0) is 24.0. The van der Waals surface area contributed by atoms with Gasteiger partial charge in [0, 0.05) is 30.7 Å². The van der Waals surface area contributed by atoms with E-state index in [0.29, 0.717) is 22.5 Å². The number of benzene rings is 1. The van der Waals surface area contributed by atoms with Crippen molar-refractivity contribution in [3.63, 3.8) is 0 Å². The Morgan fingerprint density at radius 2 is 1.75 bits per heavy atom. The van der Waals surface area contributed by atoms with Crippen molar-refractivity contribution in [2.75, 3.05) is 11.6 Å². The number of nitrogens with zero attached hydrogens (tertiary/aromatic N) is 1. The summed E-state index contributed by atoms with van der Waals surface area (Å²) >= 11 is 0. The van der Waals surface area contributed by atoms with E-state index in [0.717, 1.165) is 6.26 Å². The lowest BCUT2D eigenvalue weighted by molar-refractivity contribution is -0.118. The molecule has 1 aliphatic carbocycles. The molecule has 8 nitrogen and oxygen atoms in total. The number of ketones is 1. The molecule has 10 heteroatoms. The monoisotopic (exact) mass is 463 g/mol. The van der Waals surface area contributed by atoms with Gasteiger partial charge in [-0.15, -0.1) is 0 Å². The molecule has 2 N–H and O–H groups in total. The normalized spacial score (nSPS) is 18.1. The van der Waals surface area contributed by atoms with Gasteiger partial charge < -0.3 is 15.2 Å². The molecule has 3 rings (SSSR count). The summed E-state index contributed by atoms with van der Waals surface area (Å²) in [5, 5.41) is 4.77. The Morgan fingerprint density at radius 1 is 1.12 bits per heavy atom. The molecule has 32 heavy (non-hydrogen) atoms. The average molecular weight is 464 g/mol. The molecule has 2 aromatic rings. The van der Waals surface area contributed by atoms with Crippen molar-refractivity contribution in [3.05, 3.63) is 52.1 Å². The van der Waals surface area contributed by atoms with Crippen LogP contribution < -0.4 is 10.6 Å². The van der Waals surface area contributed by atoms with Gasteiger partial charge >= 0.3 is 0 Å². The SMILES string of the molecule is Cc1cc(NC(=O)c2c(C)c(C(=O)C(=O)N[C@H]3C[C@@H](S(C)(=O)=O)C3)n(C)c2C)ccc1F. The molecule has 0 bridgehead atoms. The molecule has 1 heterocycles. The molecule has 0 aliphatic heterocycles. The third-order valence-corrected chi connectivity index (χ3v) is 7.63. The molecule has 1 aromatic carbocycles. The number of sulfone groups is 1. The first-order valence-electron chi connectivity index (χ1n) is 10.1. The van der Waals surface area contributed by atoms with E-state index < -0.39 is 32.7 Å². The Bertz CT molecular complexity index is 1230. The number of amides is 2. The lowest BCUT2D eigenvalue weighted by atomic mass is 9.92. The second-order valence-electron chi connectivity index (χ2n) is 8.33. The predicted molar refractivity (Wildman–Crippen MR) is 118 cm³/mol. The van der Waals surface area contributed by atoms with Crippen molar-refractivity contribution in [2.45, 2.75) is 44.9 Å². The Balaban J connectivity index is 1.77. The van der Waals surface area contributed by atoms with Crippen LogP contribution in [0.15, 0.2) is 18.2 Å². The van der Waals surface area contributed by atoms with Crippen LogP contribution in [0.2, 0.25) is 0 Å². The fourth-order valence-corrected chi connectivity index (χ4v) is 5.11. The first-order valence-corrected chi connectivity index (χ1v) is 12.0. The molecule has 0 unspecified atom stereocenters. The molecular formula is C22H26FN3O5S. The van der Waals surface area contributed by atoms with Gasteiger partial charge in [0.05, 0.1) is 16.5 Å². The van der Waals surface area contributed by atoms with Crippen LogP contribution in [0.5, 0.6) is 0 Å². The molecule has 2 amide bonds. The number of aryl methyl sites for hydroxylation is 1. The standard InChI is InChI=1S/C22H26FN3O5S/c1-11-8-14(6-7-17(11)23)24-21(28)18-12(2)19(26(4)13(18)3)20(27)22(29)25-15-9-16(10-15)32(5,30)31/h6-8,15-16H,9-10H2,1-5H3,(H,24,28)(H,25,29)/t15-,16+. The molecule has 0 spiro atoms. The largest absolute Gasteiger partial charge is 0.346 e. The number of hydrogen-bond acceptors (Lipinski definition) is 5. The Labute approximate surface area is 186 Å². The summed E-state index contributed by atoms with van der Waals surface area (Å²) < 4.78 is 38.0. The van der Waals surface area contributed by atoms with Crippen molar-refractivity contribution < 1.29 is 27.2 Å². The van der Waals surface area contributed by atoms with Crippen LogP contribution in [0.3, 0.4) is 0 Å². The zero-order valence-corrected chi connectivity index (χ0v) is 19.4. The molecule has 172 valence electrons. The second kappa shape index (κ2) is 8.50. The van der Waals surface area contributed by atoms with E-state index in [9.17, 15) is 27.2 Å². The first-order chi connectivity index (χ1) is 14.8. The predicted octanol–water partition coefficient (Wildman–Crippen LogP) is 2.22. The summed E-state index contributed by atoms with van der Waals surface area (Å²) in [7, 11) is -1.58. The van der Waals surface area contributed by atoms with Crippen LogP contribution in [-0.2, 0) is 21.7 Å².